The highest BCUT2D eigenvalue weighted by Crippen LogP contribution is 2.29. The Bertz CT molecular complexity index is 390. The molecule has 16 heavy (non-hydrogen) atoms. The molecule has 0 spiro atoms. The van der Waals surface area contributed by atoms with E-state index < -0.39 is 12.1 Å². The molecule has 0 unspecified atom stereocenters. The predicted octanol–water partition coefficient (Wildman–Crippen LogP) is 1.23. The third kappa shape index (κ3) is 2.82. The van der Waals surface area contributed by atoms with Gasteiger partial charge in [0, 0.05) is 24.2 Å². The van der Waals surface area contributed by atoms with Gasteiger partial charge in [0.1, 0.15) is 0 Å². The van der Waals surface area contributed by atoms with Crippen LogP contribution in [-0.4, -0.2) is 26.0 Å². The van der Waals surface area contributed by atoms with Crippen LogP contribution in [0.4, 0.5) is 0 Å². The van der Waals surface area contributed by atoms with Gasteiger partial charge in [0.2, 0.25) is 0 Å². The summed E-state index contributed by atoms with van der Waals surface area (Å²) in [5.74, 6) is -1.02. The Morgan fingerprint density at radius 1 is 1.56 bits per heavy atom. The molecule has 0 aliphatic carbocycles. The van der Waals surface area contributed by atoms with E-state index in [-0.39, 0.29) is 11.8 Å². The molecule has 5 heteroatoms. The highest BCUT2D eigenvalue weighted by Gasteiger charge is 2.26. The molecule has 0 bridgehead atoms. The van der Waals surface area contributed by atoms with Crippen LogP contribution in [0.3, 0.4) is 0 Å². The Hall–Kier alpha value is -1.36. The molecule has 0 aliphatic heterocycles. The van der Waals surface area contributed by atoms with E-state index in [1.165, 1.54) is 0 Å². The van der Waals surface area contributed by atoms with Gasteiger partial charge in [0.15, 0.2) is 0 Å². The quantitative estimate of drug-likeness (QED) is 0.812. The standard InChI is InChI=1S/C11H18N2O3/c1-11(2,3)10-7(6-13(4)12-10)8(14)5-9(15)16/h6,8,14H,5H2,1-4H3,(H,15,16)/t8-/m0/s1. The van der Waals surface area contributed by atoms with Gasteiger partial charge in [-0.1, -0.05) is 20.8 Å². The minimum atomic E-state index is -1.02. The maximum absolute atomic E-state index is 10.6. The number of aromatic nitrogens is 2. The first-order valence-corrected chi connectivity index (χ1v) is 5.15. The molecule has 0 fully saturated rings. The number of hydrogen-bond donors (Lipinski definition) is 2. The van der Waals surface area contributed by atoms with Crippen molar-refractivity contribution >= 4 is 5.97 Å². The Labute approximate surface area is 94.7 Å². The molecule has 1 atom stereocenters. The first kappa shape index (κ1) is 12.7. The average molecular weight is 226 g/mol. The molecule has 2 N–H and O–H groups in total. The fourth-order valence-electron chi connectivity index (χ4n) is 1.61. The third-order valence-corrected chi connectivity index (χ3v) is 2.29. The van der Waals surface area contributed by atoms with Gasteiger partial charge in [0.05, 0.1) is 18.2 Å². The van der Waals surface area contributed by atoms with Crippen molar-refractivity contribution in [2.75, 3.05) is 0 Å². The van der Waals surface area contributed by atoms with Crippen LogP contribution < -0.4 is 0 Å². The van der Waals surface area contributed by atoms with Crippen molar-refractivity contribution in [3.8, 4) is 0 Å². The molecule has 1 aromatic rings. The summed E-state index contributed by atoms with van der Waals surface area (Å²) in [5, 5.41) is 22.7. The van der Waals surface area contributed by atoms with Crippen LogP contribution in [0.15, 0.2) is 6.20 Å². The average Bonchev–Trinajstić information content (AvgIpc) is 2.45. The molecule has 1 aromatic heterocycles. The van der Waals surface area contributed by atoms with Crippen molar-refractivity contribution in [3.63, 3.8) is 0 Å². The van der Waals surface area contributed by atoms with Gasteiger partial charge >= 0.3 is 5.97 Å². The topological polar surface area (TPSA) is 75.4 Å². The summed E-state index contributed by atoms with van der Waals surface area (Å²) in [6, 6.07) is 0. The van der Waals surface area contributed by atoms with E-state index in [1.54, 1.807) is 17.9 Å². The lowest BCUT2D eigenvalue weighted by Gasteiger charge is -2.19. The number of nitrogens with zero attached hydrogens (tertiary/aromatic N) is 2. The molecular weight excluding hydrogens is 208 g/mol. The second kappa shape index (κ2) is 4.25. The van der Waals surface area contributed by atoms with E-state index in [0.717, 1.165) is 5.69 Å². The van der Waals surface area contributed by atoms with Crippen LogP contribution in [-0.2, 0) is 17.3 Å². The van der Waals surface area contributed by atoms with Crippen LogP contribution in [0.5, 0.6) is 0 Å². The number of aliphatic hydroxyl groups excluding tert-OH is 1. The summed E-state index contributed by atoms with van der Waals surface area (Å²) >= 11 is 0. The molecule has 90 valence electrons. The van der Waals surface area contributed by atoms with Crippen LogP contribution in [0.2, 0.25) is 0 Å². The van der Waals surface area contributed by atoms with Gasteiger partial charge in [-0.15, -0.1) is 0 Å². The number of aliphatic hydroxyl groups is 1. The van der Waals surface area contributed by atoms with E-state index in [0.29, 0.717) is 5.56 Å². The number of aryl methyl sites for hydroxylation is 1. The summed E-state index contributed by atoms with van der Waals surface area (Å²) in [4.78, 5) is 10.6. The second-order valence-corrected chi connectivity index (χ2v) is 4.97. The summed E-state index contributed by atoms with van der Waals surface area (Å²) in [6.45, 7) is 5.94. The molecule has 0 saturated carbocycles. The Morgan fingerprint density at radius 2 is 2.12 bits per heavy atom. The first-order valence-electron chi connectivity index (χ1n) is 5.15. The van der Waals surface area contributed by atoms with E-state index in [9.17, 15) is 9.90 Å². The zero-order valence-electron chi connectivity index (χ0n) is 10.1. The van der Waals surface area contributed by atoms with Crippen molar-refractivity contribution in [1.29, 1.82) is 0 Å². The van der Waals surface area contributed by atoms with Gasteiger partial charge in [-0.3, -0.25) is 9.48 Å². The Morgan fingerprint density at radius 3 is 2.56 bits per heavy atom. The number of aliphatic carboxylic acids is 1. The van der Waals surface area contributed by atoms with E-state index >= 15 is 0 Å². The van der Waals surface area contributed by atoms with Gasteiger partial charge in [-0.25, -0.2) is 0 Å². The Balaban J connectivity index is 3.08. The van der Waals surface area contributed by atoms with E-state index in [4.69, 9.17) is 5.11 Å². The van der Waals surface area contributed by atoms with Gasteiger partial charge in [0.25, 0.3) is 0 Å². The molecule has 5 nitrogen and oxygen atoms in total. The number of rotatable bonds is 3. The molecular formula is C11H18N2O3. The summed E-state index contributed by atoms with van der Waals surface area (Å²) < 4.78 is 1.60. The zero-order chi connectivity index (χ0) is 12.5. The normalized spacial score (nSPS) is 13.8. The lowest BCUT2D eigenvalue weighted by atomic mass is 9.87. The Kier molecular flexibility index (Phi) is 3.38. The van der Waals surface area contributed by atoms with Crippen LogP contribution in [0, 0.1) is 0 Å². The van der Waals surface area contributed by atoms with Crippen molar-refractivity contribution < 1.29 is 15.0 Å². The molecule has 0 aromatic carbocycles. The largest absolute Gasteiger partial charge is 0.481 e. The van der Waals surface area contributed by atoms with Crippen LogP contribution >= 0.6 is 0 Å². The minimum Gasteiger partial charge on any atom is -0.481 e. The molecule has 1 heterocycles. The molecule has 0 aliphatic rings. The molecule has 0 radical (unpaired) electrons. The number of hydrogen-bond acceptors (Lipinski definition) is 3. The van der Waals surface area contributed by atoms with Crippen molar-refractivity contribution in [3.05, 3.63) is 17.5 Å². The highest BCUT2D eigenvalue weighted by atomic mass is 16.4. The lowest BCUT2D eigenvalue weighted by Crippen LogP contribution is -2.17. The van der Waals surface area contributed by atoms with Crippen molar-refractivity contribution in [1.82, 2.24) is 9.78 Å². The molecule has 0 saturated heterocycles. The zero-order valence-corrected chi connectivity index (χ0v) is 10.1. The predicted molar refractivity (Wildman–Crippen MR) is 59.1 cm³/mol. The second-order valence-electron chi connectivity index (χ2n) is 4.97. The number of carboxylic acids is 1. The summed E-state index contributed by atoms with van der Waals surface area (Å²) in [5.41, 5.74) is 1.12. The maximum Gasteiger partial charge on any atom is 0.306 e. The van der Waals surface area contributed by atoms with Crippen molar-refractivity contribution in [2.24, 2.45) is 7.05 Å². The van der Waals surface area contributed by atoms with Crippen LogP contribution in [0.25, 0.3) is 0 Å². The summed E-state index contributed by atoms with van der Waals surface area (Å²) in [6.07, 6.45) is 0.378. The van der Waals surface area contributed by atoms with E-state index in [1.807, 2.05) is 20.8 Å². The fraction of sp³-hybridized carbons (Fsp3) is 0.636. The monoisotopic (exact) mass is 226 g/mol. The molecule has 0 amide bonds. The van der Waals surface area contributed by atoms with Crippen LogP contribution in [0.1, 0.15) is 44.6 Å². The van der Waals surface area contributed by atoms with Crippen molar-refractivity contribution in [2.45, 2.75) is 38.7 Å². The smallest absolute Gasteiger partial charge is 0.306 e. The first-order chi connectivity index (χ1) is 7.21. The number of carboxylic acid groups (broad SMARTS) is 1. The third-order valence-electron chi connectivity index (χ3n) is 2.29. The minimum absolute atomic E-state index is 0.212. The number of carbonyl (C=O) groups is 1. The lowest BCUT2D eigenvalue weighted by molar-refractivity contribution is -0.139. The van der Waals surface area contributed by atoms with Gasteiger partial charge in [-0.05, 0) is 0 Å². The SMILES string of the molecule is Cn1cc([C@@H](O)CC(=O)O)c(C(C)(C)C)n1. The van der Waals surface area contributed by atoms with E-state index in [2.05, 4.69) is 5.10 Å². The maximum atomic E-state index is 10.6. The molecule has 1 rings (SSSR count). The fourth-order valence-corrected chi connectivity index (χ4v) is 1.61. The summed E-state index contributed by atoms with van der Waals surface area (Å²) in [7, 11) is 1.76. The highest BCUT2D eigenvalue weighted by molar-refractivity contribution is 5.67. The van der Waals surface area contributed by atoms with Gasteiger partial charge < -0.3 is 10.2 Å². The van der Waals surface area contributed by atoms with Gasteiger partial charge in [-0.2, -0.15) is 5.10 Å².